The Bertz CT molecular complexity index is 485. The van der Waals surface area contributed by atoms with E-state index < -0.39 is 17.7 Å². The summed E-state index contributed by atoms with van der Waals surface area (Å²) in [7, 11) is 0. The second-order valence-electron chi connectivity index (χ2n) is 3.43. The maximum absolute atomic E-state index is 13.4. The molecule has 1 aromatic heterocycles. The Kier molecular flexibility index (Phi) is 3.39. The van der Waals surface area contributed by atoms with E-state index in [-0.39, 0.29) is 12.3 Å². The summed E-state index contributed by atoms with van der Waals surface area (Å²) >= 11 is 0. The molecular formula is C12H11F2NO2. The molecule has 2 N–H and O–H groups in total. The van der Waals surface area contributed by atoms with E-state index in [1.807, 2.05) is 0 Å². The minimum atomic E-state index is -0.769. The monoisotopic (exact) mass is 239 g/mol. The second-order valence-corrected chi connectivity index (χ2v) is 3.43. The minimum Gasteiger partial charge on any atom is -0.478 e. The van der Waals surface area contributed by atoms with E-state index in [1.54, 1.807) is 12.1 Å². The van der Waals surface area contributed by atoms with E-state index in [9.17, 15) is 8.78 Å². The van der Waals surface area contributed by atoms with Crippen LogP contribution < -0.4 is 10.5 Å². The van der Waals surface area contributed by atoms with Gasteiger partial charge >= 0.3 is 0 Å². The fourth-order valence-electron chi connectivity index (χ4n) is 1.42. The van der Waals surface area contributed by atoms with Crippen molar-refractivity contribution >= 4 is 0 Å². The summed E-state index contributed by atoms with van der Waals surface area (Å²) in [6.45, 7) is 0.129. The first-order chi connectivity index (χ1) is 8.20. The normalized spacial score (nSPS) is 12.4. The van der Waals surface area contributed by atoms with Gasteiger partial charge in [0, 0.05) is 12.6 Å². The number of nitrogens with two attached hydrogens (primary N) is 1. The van der Waals surface area contributed by atoms with E-state index in [1.165, 1.54) is 12.3 Å². The Morgan fingerprint density at radius 3 is 2.71 bits per heavy atom. The van der Waals surface area contributed by atoms with Gasteiger partial charge in [0.2, 0.25) is 0 Å². The fourth-order valence-corrected chi connectivity index (χ4v) is 1.42. The molecule has 0 saturated heterocycles. The third-order valence-corrected chi connectivity index (χ3v) is 2.24. The molecule has 2 rings (SSSR count). The molecule has 90 valence electrons. The van der Waals surface area contributed by atoms with E-state index in [0.29, 0.717) is 5.76 Å². The van der Waals surface area contributed by atoms with Crippen LogP contribution in [0.1, 0.15) is 11.9 Å². The number of hydrogen-bond donors (Lipinski definition) is 1. The van der Waals surface area contributed by atoms with Gasteiger partial charge in [-0.25, -0.2) is 8.78 Å². The first-order valence-corrected chi connectivity index (χ1v) is 5.06. The summed E-state index contributed by atoms with van der Waals surface area (Å²) in [6, 6.07) is 6.46. The van der Waals surface area contributed by atoms with Gasteiger partial charge in [-0.2, -0.15) is 0 Å². The lowest BCUT2D eigenvalue weighted by Gasteiger charge is -2.15. The van der Waals surface area contributed by atoms with Crippen molar-refractivity contribution in [3.63, 3.8) is 0 Å². The molecule has 1 unspecified atom stereocenters. The largest absolute Gasteiger partial charge is 0.478 e. The van der Waals surface area contributed by atoms with Crippen molar-refractivity contribution in [2.75, 3.05) is 6.54 Å². The highest BCUT2D eigenvalue weighted by molar-refractivity contribution is 5.25. The lowest BCUT2D eigenvalue weighted by Crippen LogP contribution is -2.18. The summed E-state index contributed by atoms with van der Waals surface area (Å²) in [4.78, 5) is 0. The van der Waals surface area contributed by atoms with Crippen molar-refractivity contribution < 1.29 is 17.9 Å². The standard InChI is InChI=1S/C12H11F2NO2/c13-8-3-4-10(9(14)6-8)17-12(7-15)11-2-1-5-16-11/h1-6,12H,7,15H2. The maximum atomic E-state index is 13.4. The Morgan fingerprint density at radius 2 is 2.12 bits per heavy atom. The highest BCUT2D eigenvalue weighted by Gasteiger charge is 2.16. The molecule has 0 aliphatic carbocycles. The third kappa shape index (κ3) is 2.62. The Morgan fingerprint density at radius 1 is 1.29 bits per heavy atom. The van der Waals surface area contributed by atoms with Gasteiger partial charge < -0.3 is 14.9 Å². The predicted molar refractivity (Wildman–Crippen MR) is 57.5 cm³/mol. The van der Waals surface area contributed by atoms with Crippen molar-refractivity contribution in [1.29, 1.82) is 0 Å². The zero-order chi connectivity index (χ0) is 12.3. The van der Waals surface area contributed by atoms with Crippen LogP contribution in [0.5, 0.6) is 5.75 Å². The second kappa shape index (κ2) is 4.97. The molecule has 1 heterocycles. The lowest BCUT2D eigenvalue weighted by atomic mass is 10.2. The van der Waals surface area contributed by atoms with Crippen molar-refractivity contribution in [3.8, 4) is 5.75 Å². The minimum absolute atomic E-state index is 0.0572. The quantitative estimate of drug-likeness (QED) is 0.892. The van der Waals surface area contributed by atoms with E-state index >= 15 is 0 Å². The number of halogens is 2. The van der Waals surface area contributed by atoms with Crippen molar-refractivity contribution in [1.82, 2.24) is 0 Å². The topological polar surface area (TPSA) is 48.4 Å². The number of furan rings is 1. The molecule has 0 bridgehead atoms. The molecule has 2 aromatic rings. The average molecular weight is 239 g/mol. The van der Waals surface area contributed by atoms with Crippen LogP contribution in [-0.2, 0) is 0 Å². The molecule has 1 atom stereocenters. The van der Waals surface area contributed by atoms with Crippen molar-refractivity contribution in [2.45, 2.75) is 6.10 Å². The van der Waals surface area contributed by atoms with Gasteiger partial charge in [0.1, 0.15) is 11.6 Å². The van der Waals surface area contributed by atoms with Gasteiger partial charge in [0.05, 0.1) is 6.26 Å². The molecule has 0 fully saturated rings. The zero-order valence-electron chi connectivity index (χ0n) is 8.90. The van der Waals surface area contributed by atoms with Gasteiger partial charge in [0.15, 0.2) is 17.7 Å². The van der Waals surface area contributed by atoms with Gasteiger partial charge in [-0.15, -0.1) is 0 Å². The van der Waals surface area contributed by atoms with Crippen LogP contribution in [0.15, 0.2) is 41.0 Å². The molecule has 0 amide bonds. The number of benzene rings is 1. The highest BCUT2D eigenvalue weighted by Crippen LogP contribution is 2.24. The van der Waals surface area contributed by atoms with Crippen LogP contribution >= 0.6 is 0 Å². The Labute approximate surface area is 96.8 Å². The Hall–Kier alpha value is -1.88. The van der Waals surface area contributed by atoms with Gasteiger partial charge in [-0.3, -0.25) is 0 Å². The third-order valence-electron chi connectivity index (χ3n) is 2.24. The Balaban J connectivity index is 2.19. The lowest BCUT2D eigenvalue weighted by molar-refractivity contribution is 0.176. The van der Waals surface area contributed by atoms with Crippen molar-refractivity contribution in [3.05, 3.63) is 54.0 Å². The molecule has 3 nitrogen and oxygen atoms in total. The van der Waals surface area contributed by atoms with Crippen LogP contribution in [0.3, 0.4) is 0 Å². The molecule has 0 radical (unpaired) electrons. The molecule has 5 heteroatoms. The van der Waals surface area contributed by atoms with Crippen LogP contribution in [0, 0.1) is 11.6 Å². The molecule has 1 aromatic carbocycles. The number of hydrogen-bond acceptors (Lipinski definition) is 3. The first kappa shape index (κ1) is 11.6. The van der Waals surface area contributed by atoms with Crippen molar-refractivity contribution in [2.24, 2.45) is 5.73 Å². The summed E-state index contributed by atoms with van der Waals surface area (Å²) in [6.07, 6.45) is 0.882. The molecule has 0 spiro atoms. The van der Waals surface area contributed by atoms with E-state index in [4.69, 9.17) is 14.9 Å². The number of rotatable bonds is 4. The summed E-state index contributed by atoms with van der Waals surface area (Å²) in [5.41, 5.74) is 5.51. The van der Waals surface area contributed by atoms with Gasteiger partial charge in [-0.05, 0) is 24.3 Å². The average Bonchev–Trinajstić information content (AvgIpc) is 2.81. The summed E-state index contributed by atoms with van der Waals surface area (Å²) in [5, 5.41) is 0. The molecule has 0 saturated carbocycles. The summed E-state index contributed by atoms with van der Waals surface area (Å²) < 4.78 is 36.5. The SMILES string of the molecule is NCC(Oc1ccc(F)cc1F)c1ccco1. The van der Waals surface area contributed by atoms with Crippen LogP contribution in [0.25, 0.3) is 0 Å². The van der Waals surface area contributed by atoms with E-state index in [0.717, 1.165) is 12.1 Å². The summed E-state index contributed by atoms with van der Waals surface area (Å²) in [5.74, 6) is -0.985. The number of ether oxygens (including phenoxy) is 1. The maximum Gasteiger partial charge on any atom is 0.168 e. The van der Waals surface area contributed by atoms with Gasteiger partial charge in [-0.1, -0.05) is 0 Å². The predicted octanol–water partition coefficient (Wildman–Crippen LogP) is 2.64. The zero-order valence-corrected chi connectivity index (χ0v) is 8.90. The molecule has 17 heavy (non-hydrogen) atoms. The van der Waals surface area contributed by atoms with Crippen LogP contribution in [0.2, 0.25) is 0 Å². The van der Waals surface area contributed by atoms with E-state index in [2.05, 4.69) is 0 Å². The highest BCUT2D eigenvalue weighted by atomic mass is 19.1. The van der Waals surface area contributed by atoms with Crippen LogP contribution in [-0.4, -0.2) is 6.54 Å². The first-order valence-electron chi connectivity index (χ1n) is 5.06. The smallest absolute Gasteiger partial charge is 0.168 e. The molecule has 0 aliphatic heterocycles. The molecular weight excluding hydrogens is 228 g/mol. The fraction of sp³-hybridized carbons (Fsp3) is 0.167. The molecule has 0 aliphatic rings. The van der Waals surface area contributed by atoms with Gasteiger partial charge in [0.25, 0.3) is 0 Å². The van der Waals surface area contributed by atoms with Crippen LogP contribution in [0.4, 0.5) is 8.78 Å².